The molecule has 17 unspecified atom stereocenters. The Kier molecular flexibility index (Phi) is 14.2. The topological polar surface area (TPSA) is 111 Å². The Hall–Kier alpha value is -1.70. The summed E-state index contributed by atoms with van der Waals surface area (Å²) >= 11 is 0. The molecule has 4 fully saturated rings. The minimum atomic E-state index is -0.599. The van der Waals surface area contributed by atoms with E-state index in [1.54, 1.807) is 21.3 Å². The van der Waals surface area contributed by atoms with E-state index in [0.717, 1.165) is 56.9 Å². The summed E-state index contributed by atoms with van der Waals surface area (Å²) in [6.07, 6.45) is 9.32. The summed E-state index contributed by atoms with van der Waals surface area (Å²) in [5, 5.41) is 0. The predicted octanol–water partition coefficient (Wildman–Crippen LogP) is 6.27. The van der Waals surface area contributed by atoms with E-state index in [9.17, 15) is 9.59 Å². The number of likely N-dealkylation sites (N-methyl/N-ethyl adjacent to an activating group) is 1. The number of rotatable bonds is 10. The van der Waals surface area contributed by atoms with Crippen LogP contribution in [0.1, 0.15) is 98.8 Å². The van der Waals surface area contributed by atoms with Crippen LogP contribution in [0.2, 0.25) is 0 Å². The number of carbonyl (C=O) groups excluding carboxylic acids is 2. The minimum absolute atomic E-state index is 0.0361. The lowest BCUT2D eigenvalue weighted by atomic mass is 9.67. The van der Waals surface area contributed by atoms with Crippen molar-refractivity contribution in [2.45, 2.75) is 166 Å². The molecule has 3 heterocycles. The SMILES string of the molecule is CCC1CCCC(OC2CCC(N(C)C)C(C)O2)C(CC)C(=O)C2=CC3C(C=C(C)C4CC(OC5OC(C)C(OC)C(OC)C5OC)CC43)C2CC(=O)O1. The maximum Gasteiger partial charge on any atom is 0.306 e. The Bertz CT molecular complexity index is 1350. The van der Waals surface area contributed by atoms with Gasteiger partial charge >= 0.3 is 5.97 Å². The lowest BCUT2D eigenvalue weighted by Crippen LogP contribution is -2.59. The Labute approximate surface area is 324 Å². The highest BCUT2D eigenvalue weighted by molar-refractivity contribution is 5.99. The van der Waals surface area contributed by atoms with E-state index in [1.807, 2.05) is 6.92 Å². The van der Waals surface area contributed by atoms with Crippen LogP contribution in [0.25, 0.3) is 0 Å². The standard InChI is InChI=1S/C43H69NO10/c1-11-26-14-13-15-36(54-38-17-16-35(44(6)7)24(4)50-38)28(12-2)39(46)34-21-32-30(33(34)22-37(45)52-26)18-23(3)29-19-27(20-31(29)32)53-43-42(49-10)41(48-9)40(47-8)25(5)51-43/h18,21,24-33,35-36,38,40-43H,11-17,19-20,22H2,1-10H3. The highest BCUT2D eigenvalue weighted by Gasteiger charge is 2.54. The van der Waals surface area contributed by atoms with E-state index in [4.69, 9.17) is 37.9 Å². The first-order valence-electron chi connectivity index (χ1n) is 20.9. The maximum absolute atomic E-state index is 15.0. The average Bonchev–Trinajstić information content (AvgIpc) is 3.72. The van der Waals surface area contributed by atoms with E-state index >= 15 is 0 Å². The quantitative estimate of drug-likeness (QED) is 0.186. The smallest absolute Gasteiger partial charge is 0.306 e. The molecule has 0 radical (unpaired) electrons. The van der Waals surface area contributed by atoms with Gasteiger partial charge in [0.2, 0.25) is 0 Å². The Balaban J connectivity index is 1.25. The van der Waals surface area contributed by atoms with Crippen molar-refractivity contribution in [3.8, 4) is 0 Å². The average molecular weight is 760 g/mol. The molecule has 0 aromatic heterocycles. The van der Waals surface area contributed by atoms with Crippen molar-refractivity contribution >= 4 is 11.8 Å². The van der Waals surface area contributed by atoms with Crippen molar-refractivity contribution in [1.29, 1.82) is 0 Å². The summed E-state index contributed by atoms with van der Waals surface area (Å²) in [6, 6.07) is 0.337. The molecule has 6 aliphatic rings. The van der Waals surface area contributed by atoms with Gasteiger partial charge in [-0.1, -0.05) is 31.6 Å². The number of nitrogens with zero attached hydrogens (tertiary/aromatic N) is 1. The highest BCUT2D eigenvalue weighted by atomic mass is 16.7. The zero-order valence-electron chi connectivity index (χ0n) is 34.6. The van der Waals surface area contributed by atoms with Crippen LogP contribution < -0.4 is 0 Å². The largest absolute Gasteiger partial charge is 0.462 e. The van der Waals surface area contributed by atoms with E-state index in [2.05, 4.69) is 58.8 Å². The van der Waals surface area contributed by atoms with Crippen molar-refractivity contribution in [1.82, 2.24) is 4.90 Å². The van der Waals surface area contributed by atoms with Crippen LogP contribution in [0, 0.1) is 35.5 Å². The van der Waals surface area contributed by atoms with Gasteiger partial charge in [-0.25, -0.2) is 0 Å². The van der Waals surface area contributed by atoms with Crippen molar-refractivity contribution in [2.75, 3.05) is 35.4 Å². The second kappa shape index (κ2) is 18.3. The molecule has 11 nitrogen and oxygen atoms in total. The molecule has 11 heteroatoms. The molecular weight excluding hydrogens is 690 g/mol. The zero-order valence-corrected chi connectivity index (χ0v) is 34.6. The molecule has 0 bridgehead atoms. The molecule has 0 N–H and O–H groups in total. The number of cyclic esters (lactones) is 1. The van der Waals surface area contributed by atoms with Crippen LogP contribution in [0.15, 0.2) is 23.3 Å². The van der Waals surface area contributed by atoms with Crippen molar-refractivity contribution in [3.63, 3.8) is 0 Å². The highest BCUT2D eigenvalue weighted by Crippen LogP contribution is 2.56. The van der Waals surface area contributed by atoms with E-state index in [-0.39, 0.29) is 96.8 Å². The molecule has 306 valence electrons. The van der Waals surface area contributed by atoms with Crippen molar-refractivity contribution < 1.29 is 47.5 Å². The molecule has 1 saturated carbocycles. The van der Waals surface area contributed by atoms with Gasteiger partial charge in [0, 0.05) is 39.2 Å². The monoisotopic (exact) mass is 759 g/mol. The Morgan fingerprint density at radius 2 is 1.54 bits per heavy atom. The number of allylic oxidation sites excluding steroid dienone is 4. The second-order valence-corrected chi connectivity index (χ2v) is 17.2. The number of fused-ring (bicyclic) bond motifs is 5. The summed E-state index contributed by atoms with van der Waals surface area (Å²) in [4.78, 5) is 30.8. The first-order chi connectivity index (χ1) is 25.9. The molecule has 0 aromatic rings. The number of hydrogen-bond acceptors (Lipinski definition) is 11. The summed E-state index contributed by atoms with van der Waals surface area (Å²) < 4.78 is 50.0. The number of ether oxygens (including phenoxy) is 8. The lowest BCUT2D eigenvalue weighted by Gasteiger charge is -2.44. The van der Waals surface area contributed by atoms with Gasteiger partial charge in [0.15, 0.2) is 18.4 Å². The number of esters is 1. The summed E-state index contributed by atoms with van der Waals surface area (Å²) in [6.45, 7) is 10.5. The van der Waals surface area contributed by atoms with Gasteiger partial charge in [-0.05, 0) is 122 Å². The van der Waals surface area contributed by atoms with Gasteiger partial charge in [-0.3, -0.25) is 9.59 Å². The van der Waals surface area contributed by atoms with Gasteiger partial charge in [0.1, 0.15) is 24.4 Å². The fourth-order valence-electron chi connectivity index (χ4n) is 11.1. The normalized spacial score (nSPS) is 44.7. The van der Waals surface area contributed by atoms with Crippen LogP contribution in [0.4, 0.5) is 0 Å². The summed E-state index contributed by atoms with van der Waals surface area (Å²) in [7, 11) is 9.18. The Morgan fingerprint density at radius 1 is 0.796 bits per heavy atom. The summed E-state index contributed by atoms with van der Waals surface area (Å²) in [5.41, 5.74) is 2.09. The molecule has 54 heavy (non-hydrogen) atoms. The second-order valence-electron chi connectivity index (χ2n) is 17.2. The number of hydrogen-bond donors (Lipinski definition) is 0. The number of Topliss-reactive ketones (excluding diaryl/α,β-unsaturated/α-hetero) is 1. The third-order valence-corrected chi connectivity index (χ3v) is 13.9. The molecule has 3 saturated heterocycles. The molecule has 17 atom stereocenters. The predicted molar refractivity (Wildman–Crippen MR) is 203 cm³/mol. The van der Waals surface area contributed by atoms with Gasteiger partial charge < -0.3 is 42.8 Å². The summed E-state index contributed by atoms with van der Waals surface area (Å²) in [5.74, 6) is 0.102. The van der Waals surface area contributed by atoms with Gasteiger partial charge in [0.25, 0.3) is 0 Å². The van der Waals surface area contributed by atoms with Crippen molar-refractivity contribution in [3.05, 3.63) is 23.3 Å². The van der Waals surface area contributed by atoms with Crippen molar-refractivity contribution in [2.24, 2.45) is 35.5 Å². The van der Waals surface area contributed by atoms with Crippen LogP contribution in [0.5, 0.6) is 0 Å². The van der Waals surface area contributed by atoms with E-state index in [0.29, 0.717) is 18.4 Å². The zero-order chi connectivity index (χ0) is 38.8. The molecule has 3 aliphatic heterocycles. The van der Waals surface area contributed by atoms with E-state index in [1.165, 1.54) is 5.57 Å². The number of carbonyl (C=O) groups is 2. The fraction of sp³-hybridized carbons (Fsp3) is 0.860. The molecule has 0 amide bonds. The number of methoxy groups -OCH3 is 3. The molecule has 3 aliphatic carbocycles. The lowest BCUT2D eigenvalue weighted by molar-refractivity contribution is -0.314. The molecular formula is C43H69NO10. The van der Waals surface area contributed by atoms with Gasteiger partial charge in [-0.2, -0.15) is 0 Å². The third kappa shape index (κ3) is 8.59. The molecule has 0 spiro atoms. The van der Waals surface area contributed by atoms with Crippen LogP contribution in [-0.4, -0.2) is 120 Å². The molecule has 6 rings (SSSR count). The third-order valence-electron chi connectivity index (χ3n) is 13.9. The first-order valence-corrected chi connectivity index (χ1v) is 20.9. The van der Waals surface area contributed by atoms with Crippen LogP contribution in [-0.2, 0) is 47.5 Å². The van der Waals surface area contributed by atoms with E-state index < -0.39 is 12.4 Å². The van der Waals surface area contributed by atoms with Crippen LogP contribution >= 0.6 is 0 Å². The maximum atomic E-state index is 15.0. The molecule has 0 aromatic carbocycles. The fourth-order valence-corrected chi connectivity index (χ4v) is 11.1. The van der Waals surface area contributed by atoms with Crippen LogP contribution in [0.3, 0.4) is 0 Å². The minimum Gasteiger partial charge on any atom is -0.462 e. The van der Waals surface area contributed by atoms with Gasteiger partial charge in [-0.15, -0.1) is 0 Å². The number of ketones is 1. The van der Waals surface area contributed by atoms with Gasteiger partial charge in [0.05, 0.1) is 30.8 Å². The first kappa shape index (κ1) is 41.9. The Morgan fingerprint density at radius 3 is 2.19 bits per heavy atom.